The Kier molecular flexibility index (Phi) is 6.48. The molecule has 0 atom stereocenters. The number of nitrogens with one attached hydrogen (secondary N) is 1. The Bertz CT molecular complexity index is 1200. The molecule has 3 nitrogen and oxygen atoms in total. The van der Waals surface area contributed by atoms with Crippen LogP contribution in [0.15, 0.2) is 29.4 Å². The summed E-state index contributed by atoms with van der Waals surface area (Å²) in [5.41, 5.74) is -0.0105. The predicted octanol–water partition coefficient (Wildman–Crippen LogP) is 7.42. The molecule has 0 fully saturated rings. The summed E-state index contributed by atoms with van der Waals surface area (Å²) in [5, 5.41) is 4.18. The van der Waals surface area contributed by atoms with Crippen molar-refractivity contribution in [2.45, 2.75) is 20.0 Å². The van der Waals surface area contributed by atoms with E-state index in [0.29, 0.717) is 32.7 Å². The van der Waals surface area contributed by atoms with Gasteiger partial charge in [-0.25, -0.2) is 17.6 Å². The molecule has 1 heterocycles. The summed E-state index contributed by atoms with van der Waals surface area (Å²) in [7, 11) is 0. The molecule has 3 aromatic rings. The molecule has 0 aliphatic carbocycles. The van der Waals surface area contributed by atoms with Crippen molar-refractivity contribution in [3.05, 3.63) is 80.1 Å². The highest BCUT2D eigenvalue weighted by Crippen LogP contribution is 2.38. The van der Waals surface area contributed by atoms with Gasteiger partial charge >= 0.3 is 6.18 Å². The van der Waals surface area contributed by atoms with Gasteiger partial charge in [-0.1, -0.05) is 23.2 Å². The average Bonchev–Trinajstić information content (AvgIpc) is 2.97. The van der Waals surface area contributed by atoms with Crippen LogP contribution in [0.25, 0.3) is 5.69 Å². The molecule has 0 saturated heterocycles. The Labute approximate surface area is 187 Å². The Balaban J connectivity index is 1.95. The topological polar surface area (TPSA) is 29.3 Å². The second-order valence-corrected chi connectivity index (χ2v) is 7.45. The lowest BCUT2D eigenvalue weighted by atomic mass is 10.1. The molecule has 1 aromatic heterocycles. The highest BCUT2D eigenvalue weighted by Gasteiger charge is 2.42. The summed E-state index contributed by atoms with van der Waals surface area (Å²) < 4.78 is 95.1. The van der Waals surface area contributed by atoms with Gasteiger partial charge in [0, 0.05) is 22.6 Å². The van der Waals surface area contributed by atoms with Crippen molar-refractivity contribution >= 4 is 35.1 Å². The normalized spacial score (nSPS) is 12.1. The van der Waals surface area contributed by atoms with E-state index in [1.54, 1.807) is 48.1 Å². The molecule has 170 valence electrons. The minimum absolute atomic E-state index is 0.311. The second-order valence-electron chi connectivity index (χ2n) is 6.63. The molecule has 32 heavy (non-hydrogen) atoms. The number of aryl methyl sites for hydroxylation is 1. The quantitative estimate of drug-likeness (QED) is 0.173. The van der Waals surface area contributed by atoms with Crippen LogP contribution in [0.3, 0.4) is 0 Å². The molecule has 0 bridgehead atoms. The molecule has 0 saturated carbocycles. The van der Waals surface area contributed by atoms with Gasteiger partial charge in [0.25, 0.3) is 0 Å². The molecular weight excluding hydrogens is 486 g/mol. The number of aromatic nitrogens is 1. The van der Waals surface area contributed by atoms with E-state index in [-0.39, 0.29) is 0 Å². The summed E-state index contributed by atoms with van der Waals surface area (Å²) in [6.07, 6.45) is -4.54. The summed E-state index contributed by atoms with van der Waals surface area (Å²) >= 11 is 12.0. The molecule has 0 amide bonds. The molecule has 0 radical (unpaired) electrons. The van der Waals surface area contributed by atoms with Crippen molar-refractivity contribution in [1.29, 1.82) is 0 Å². The molecule has 3 rings (SSSR count). The molecule has 1 N–H and O–H groups in total. The zero-order valence-electron chi connectivity index (χ0n) is 16.2. The van der Waals surface area contributed by atoms with Gasteiger partial charge in [0.1, 0.15) is 11.3 Å². The molecule has 0 unspecified atom stereocenters. The maximum Gasteiger partial charge on any atom is 0.422 e. The largest absolute Gasteiger partial charge is 0.422 e. The first-order valence-corrected chi connectivity index (χ1v) is 9.46. The van der Waals surface area contributed by atoms with Crippen LogP contribution in [-0.4, -0.2) is 10.8 Å². The van der Waals surface area contributed by atoms with Gasteiger partial charge in [0.15, 0.2) is 23.3 Å². The summed E-state index contributed by atoms with van der Waals surface area (Å²) in [6.45, 7) is 3.44. The third-order valence-electron chi connectivity index (χ3n) is 4.56. The van der Waals surface area contributed by atoms with Gasteiger partial charge in [0.05, 0.1) is 16.3 Å². The van der Waals surface area contributed by atoms with Crippen LogP contribution >= 0.6 is 23.2 Å². The van der Waals surface area contributed by atoms with Gasteiger partial charge < -0.3 is 4.57 Å². The number of nitrogens with zero attached hydrogens (tertiary/aromatic N) is 2. The van der Waals surface area contributed by atoms with Gasteiger partial charge in [-0.15, -0.1) is 0 Å². The van der Waals surface area contributed by atoms with Crippen LogP contribution in [0, 0.1) is 37.1 Å². The fourth-order valence-corrected chi connectivity index (χ4v) is 3.38. The Hall–Kier alpha value is -2.72. The zero-order valence-corrected chi connectivity index (χ0v) is 17.7. The second kappa shape index (κ2) is 8.67. The monoisotopic (exact) mass is 497 g/mol. The molecule has 12 heteroatoms. The number of rotatable bonds is 4. The smallest absolute Gasteiger partial charge is 0.318 e. The molecule has 0 aliphatic rings. The average molecular weight is 498 g/mol. The lowest BCUT2D eigenvalue weighted by Gasteiger charge is -2.13. The molecular formula is C20H12Cl2F7N3. The summed E-state index contributed by atoms with van der Waals surface area (Å²) in [5.74, 6) is -9.66. The number of halogens is 9. The SMILES string of the molecule is Cc1cc(C=NNc2c(F)c(F)c(C(F)(F)F)c(F)c2F)c(C)n1-c1ccc(Cl)c(Cl)c1. The van der Waals surface area contributed by atoms with Crippen LogP contribution in [-0.2, 0) is 6.18 Å². The van der Waals surface area contributed by atoms with Crippen molar-refractivity contribution in [2.24, 2.45) is 5.10 Å². The summed E-state index contributed by atoms with van der Waals surface area (Å²) in [4.78, 5) is 0. The van der Waals surface area contributed by atoms with Gasteiger partial charge in [-0.3, -0.25) is 5.43 Å². The molecule has 2 aromatic carbocycles. The maximum absolute atomic E-state index is 14.0. The van der Waals surface area contributed by atoms with E-state index in [0.717, 1.165) is 6.21 Å². The van der Waals surface area contributed by atoms with Crippen LogP contribution < -0.4 is 5.43 Å². The van der Waals surface area contributed by atoms with E-state index in [4.69, 9.17) is 23.2 Å². The van der Waals surface area contributed by atoms with Gasteiger partial charge in [0.2, 0.25) is 0 Å². The Morgan fingerprint density at radius 2 is 1.50 bits per heavy atom. The first kappa shape index (κ1) is 23.9. The van der Waals surface area contributed by atoms with E-state index < -0.39 is 40.7 Å². The van der Waals surface area contributed by atoms with Crippen molar-refractivity contribution in [2.75, 3.05) is 5.43 Å². The zero-order chi connectivity index (χ0) is 24.0. The number of hydrogen-bond donors (Lipinski definition) is 1. The number of hydrogen-bond acceptors (Lipinski definition) is 2. The fourth-order valence-electron chi connectivity index (χ4n) is 3.08. The number of alkyl halides is 3. The Morgan fingerprint density at radius 3 is 2.03 bits per heavy atom. The van der Waals surface area contributed by atoms with E-state index in [1.165, 1.54) is 0 Å². The first-order chi connectivity index (χ1) is 14.8. The maximum atomic E-state index is 14.0. The minimum Gasteiger partial charge on any atom is -0.318 e. The van der Waals surface area contributed by atoms with E-state index >= 15 is 0 Å². The minimum atomic E-state index is -5.63. The van der Waals surface area contributed by atoms with E-state index in [9.17, 15) is 30.7 Å². The third kappa shape index (κ3) is 4.29. The van der Waals surface area contributed by atoms with E-state index in [1.807, 2.05) is 0 Å². The number of hydrazone groups is 1. The summed E-state index contributed by atoms with van der Waals surface area (Å²) in [6, 6.07) is 6.55. The van der Waals surface area contributed by atoms with Crippen LogP contribution in [0.4, 0.5) is 36.4 Å². The van der Waals surface area contributed by atoms with Crippen LogP contribution in [0.2, 0.25) is 10.0 Å². The van der Waals surface area contributed by atoms with Crippen molar-refractivity contribution < 1.29 is 30.7 Å². The highest BCUT2D eigenvalue weighted by molar-refractivity contribution is 6.42. The van der Waals surface area contributed by atoms with Crippen LogP contribution in [0.5, 0.6) is 0 Å². The third-order valence-corrected chi connectivity index (χ3v) is 5.30. The van der Waals surface area contributed by atoms with Gasteiger partial charge in [-0.05, 0) is 38.1 Å². The molecule has 0 spiro atoms. The predicted molar refractivity (Wildman–Crippen MR) is 108 cm³/mol. The lowest BCUT2D eigenvalue weighted by Crippen LogP contribution is -2.16. The van der Waals surface area contributed by atoms with Crippen molar-refractivity contribution in [3.8, 4) is 5.69 Å². The number of benzene rings is 2. The number of anilines is 1. The first-order valence-electron chi connectivity index (χ1n) is 8.71. The lowest BCUT2D eigenvalue weighted by molar-refractivity contribution is -0.143. The highest BCUT2D eigenvalue weighted by atomic mass is 35.5. The fraction of sp³-hybridized carbons (Fsp3) is 0.150. The van der Waals surface area contributed by atoms with Crippen molar-refractivity contribution in [1.82, 2.24) is 4.57 Å². The molecule has 0 aliphatic heterocycles. The van der Waals surface area contributed by atoms with Gasteiger partial charge in [-0.2, -0.15) is 18.3 Å². The van der Waals surface area contributed by atoms with Crippen molar-refractivity contribution in [3.63, 3.8) is 0 Å². The Morgan fingerprint density at radius 1 is 0.906 bits per heavy atom. The van der Waals surface area contributed by atoms with E-state index in [2.05, 4.69) is 5.10 Å². The van der Waals surface area contributed by atoms with Crippen LogP contribution in [0.1, 0.15) is 22.5 Å². The standard InChI is InChI=1S/C20H12Cl2F7N3/c1-8-5-10(9(2)32(8)11-3-4-12(21)13(22)6-11)7-30-31-19-17(25)15(23)14(20(27,28)29)16(24)18(19)26/h3-7,31H,1-2H3.